The fourth-order valence-electron chi connectivity index (χ4n) is 3.49. The SMILES string of the molecule is CC(C)c1c2c(nc3c1CCC3)CCCC2. The van der Waals surface area contributed by atoms with Gasteiger partial charge < -0.3 is 0 Å². The zero-order chi connectivity index (χ0) is 11.1. The van der Waals surface area contributed by atoms with Crippen LogP contribution in [0.15, 0.2) is 0 Å². The maximum Gasteiger partial charge on any atom is 0.0442 e. The molecule has 0 N–H and O–H groups in total. The van der Waals surface area contributed by atoms with Crippen LogP contribution in [-0.4, -0.2) is 4.98 Å². The molecule has 0 saturated carbocycles. The molecule has 1 nitrogen and oxygen atoms in total. The van der Waals surface area contributed by atoms with Crippen molar-refractivity contribution in [3.8, 4) is 0 Å². The zero-order valence-corrected chi connectivity index (χ0v) is 10.5. The van der Waals surface area contributed by atoms with Gasteiger partial charge >= 0.3 is 0 Å². The summed E-state index contributed by atoms with van der Waals surface area (Å²) in [4.78, 5) is 4.94. The van der Waals surface area contributed by atoms with E-state index in [9.17, 15) is 0 Å². The third-order valence-corrected chi connectivity index (χ3v) is 4.12. The van der Waals surface area contributed by atoms with E-state index in [1.807, 2.05) is 0 Å². The molecule has 1 heterocycles. The number of nitrogens with zero attached hydrogens (tertiary/aromatic N) is 1. The summed E-state index contributed by atoms with van der Waals surface area (Å²) in [5.74, 6) is 0.682. The molecule has 0 radical (unpaired) electrons. The number of pyridine rings is 1. The number of aryl methyl sites for hydroxylation is 2. The molecule has 3 rings (SSSR count). The van der Waals surface area contributed by atoms with Gasteiger partial charge in [0.1, 0.15) is 0 Å². The molecule has 86 valence electrons. The molecule has 0 fully saturated rings. The van der Waals surface area contributed by atoms with Crippen LogP contribution in [0.2, 0.25) is 0 Å². The Morgan fingerprint density at radius 2 is 1.38 bits per heavy atom. The van der Waals surface area contributed by atoms with Gasteiger partial charge in [0, 0.05) is 11.4 Å². The molecule has 0 bridgehead atoms. The topological polar surface area (TPSA) is 12.9 Å². The van der Waals surface area contributed by atoms with E-state index in [0.717, 1.165) is 0 Å². The van der Waals surface area contributed by atoms with Gasteiger partial charge in [-0.3, -0.25) is 4.98 Å². The zero-order valence-electron chi connectivity index (χ0n) is 10.5. The summed E-state index contributed by atoms with van der Waals surface area (Å²) < 4.78 is 0. The van der Waals surface area contributed by atoms with Crippen LogP contribution in [0.25, 0.3) is 0 Å². The highest BCUT2D eigenvalue weighted by Gasteiger charge is 2.25. The molecule has 2 aliphatic carbocycles. The predicted molar refractivity (Wildman–Crippen MR) is 67.0 cm³/mol. The molecule has 0 saturated heterocycles. The summed E-state index contributed by atoms with van der Waals surface area (Å²) >= 11 is 0. The lowest BCUT2D eigenvalue weighted by molar-refractivity contribution is 0.647. The lowest BCUT2D eigenvalue weighted by Gasteiger charge is -2.24. The van der Waals surface area contributed by atoms with Gasteiger partial charge in [-0.15, -0.1) is 0 Å². The van der Waals surface area contributed by atoms with Crippen molar-refractivity contribution in [1.82, 2.24) is 4.98 Å². The smallest absolute Gasteiger partial charge is 0.0442 e. The molecule has 0 atom stereocenters. The summed E-state index contributed by atoms with van der Waals surface area (Å²) in [5, 5.41) is 0. The number of aromatic nitrogens is 1. The van der Waals surface area contributed by atoms with Gasteiger partial charge in [-0.1, -0.05) is 13.8 Å². The highest BCUT2D eigenvalue weighted by atomic mass is 14.7. The minimum Gasteiger partial charge on any atom is -0.257 e. The molecule has 2 aliphatic rings. The van der Waals surface area contributed by atoms with Crippen molar-refractivity contribution in [1.29, 1.82) is 0 Å². The Balaban J connectivity index is 2.21. The lowest BCUT2D eigenvalue weighted by Crippen LogP contribution is -2.13. The van der Waals surface area contributed by atoms with Crippen molar-refractivity contribution in [2.45, 2.75) is 64.7 Å². The third-order valence-electron chi connectivity index (χ3n) is 4.12. The van der Waals surface area contributed by atoms with E-state index in [1.54, 1.807) is 16.7 Å². The minimum absolute atomic E-state index is 0.682. The third kappa shape index (κ3) is 1.49. The van der Waals surface area contributed by atoms with Gasteiger partial charge in [-0.2, -0.15) is 0 Å². The van der Waals surface area contributed by atoms with Gasteiger partial charge in [-0.25, -0.2) is 0 Å². The first kappa shape index (κ1) is 10.3. The highest BCUT2D eigenvalue weighted by Crippen LogP contribution is 2.35. The number of rotatable bonds is 1. The molecule has 1 heteroatoms. The summed E-state index contributed by atoms with van der Waals surface area (Å²) in [6.45, 7) is 4.70. The van der Waals surface area contributed by atoms with Crippen LogP contribution in [0.3, 0.4) is 0 Å². The first-order chi connectivity index (χ1) is 7.77. The number of hydrogen-bond acceptors (Lipinski definition) is 1. The van der Waals surface area contributed by atoms with Gasteiger partial charge in [0.15, 0.2) is 0 Å². The second kappa shape index (κ2) is 3.87. The van der Waals surface area contributed by atoms with Crippen molar-refractivity contribution in [3.05, 3.63) is 28.1 Å². The molecule has 0 aliphatic heterocycles. The Kier molecular flexibility index (Phi) is 2.49. The van der Waals surface area contributed by atoms with E-state index in [0.29, 0.717) is 5.92 Å². The summed E-state index contributed by atoms with van der Waals surface area (Å²) in [5.41, 5.74) is 7.80. The van der Waals surface area contributed by atoms with Crippen LogP contribution in [0.1, 0.15) is 67.1 Å². The van der Waals surface area contributed by atoms with Crippen molar-refractivity contribution in [2.24, 2.45) is 0 Å². The number of hydrogen-bond donors (Lipinski definition) is 0. The molecule has 1 aromatic rings. The quantitative estimate of drug-likeness (QED) is 0.698. The monoisotopic (exact) mass is 215 g/mol. The highest BCUT2D eigenvalue weighted by molar-refractivity contribution is 5.45. The Bertz CT molecular complexity index is 418. The Hall–Kier alpha value is -0.850. The summed E-state index contributed by atoms with van der Waals surface area (Å²) in [7, 11) is 0. The van der Waals surface area contributed by atoms with E-state index in [4.69, 9.17) is 4.98 Å². The van der Waals surface area contributed by atoms with Gasteiger partial charge in [0.2, 0.25) is 0 Å². The second-order valence-electron chi connectivity index (χ2n) is 5.59. The van der Waals surface area contributed by atoms with Crippen LogP contribution in [0, 0.1) is 0 Å². The van der Waals surface area contributed by atoms with Crippen LogP contribution in [0.5, 0.6) is 0 Å². The van der Waals surface area contributed by atoms with E-state index in [2.05, 4.69) is 13.8 Å². The van der Waals surface area contributed by atoms with Crippen LogP contribution >= 0.6 is 0 Å². The van der Waals surface area contributed by atoms with Crippen molar-refractivity contribution >= 4 is 0 Å². The fraction of sp³-hybridized carbons (Fsp3) is 0.667. The van der Waals surface area contributed by atoms with Crippen LogP contribution in [0.4, 0.5) is 0 Å². The van der Waals surface area contributed by atoms with E-state index >= 15 is 0 Å². The predicted octanol–water partition coefficient (Wildman–Crippen LogP) is 3.57. The first-order valence-corrected chi connectivity index (χ1v) is 6.80. The Labute approximate surface area is 98.3 Å². The Morgan fingerprint density at radius 3 is 2.06 bits per heavy atom. The van der Waals surface area contributed by atoms with Crippen molar-refractivity contribution < 1.29 is 0 Å². The standard InChI is InChI=1S/C15H21N/c1-10(2)15-11-6-3-4-8-13(11)16-14-9-5-7-12(14)15/h10H,3-9H2,1-2H3. The van der Waals surface area contributed by atoms with Gasteiger partial charge in [-0.05, 0) is 67.6 Å². The van der Waals surface area contributed by atoms with Gasteiger partial charge in [0.05, 0.1) is 0 Å². The molecule has 0 spiro atoms. The van der Waals surface area contributed by atoms with Crippen LogP contribution in [-0.2, 0) is 25.7 Å². The first-order valence-electron chi connectivity index (χ1n) is 6.80. The largest absolute Gasteiger partial charge is 0.257 e. The molecule has 0 unspecified atom stereocenters. The van der Waals surface area contributed by atoms with E-state index in [1.165, 1.54) is 56.3 Å². The normalized spacial score (nSPS) is 18.7. The average Bonchev–Trinajstić information content (AvgIpc) is 2.72. The maximum atomic E-state index is 4.94. The second-order valence-corrected chi connectivity index (χ2v) is 5.59. The average molecular weight is 215 g/mol. The lowest BCUT2D eigenvalue weighted by atomic mass is 9.84. The van der Waals surface area contributed by atoms with Gasteiger partial charge in [0.25, 0.3) is 0 Å². The fourth-order valence-corrected chi connectivity index (χ4v) is 3.49. The molecular formula is C15H21N. The van der Waals surface area contributed by atoms with Crippen LogP contribution < -0.4 is 0 Å². The maximum absolute atomic E-state index is 4.94. The molecular weight excluding hydrogens is 194 g/mol. The van der Waals surface area contributed by atoms with E-state index in [-0.39, 0.29) is 0 Å². The molecule has 16 heavy (non-hydrogen) atoms. The Morgan fingerprint density at radius 1 is 0.812 bits per heavy atom. The molecule has 0 amide bonds. The van der Waals surface area contributed by atoms with Crippen molar-refractivity contribution in [3.63, 3.8) is 0 Å². The molecule has 0 aromatic carbocycles. The minimum atomic E-state index is 0.682. The summed E-state index contributed by atoms with van der Waals surface area (Å²) in [6, 6.07) is 0. The van der Waals surface area contributed by atoms with Crippen molar-refractivity contribution in [2.75, 3.05) is 0 Å². The summed E-state index contributed by atoms with van der Waals surface area (Å²) in [6.07, 6.45) is 9.05. The van der Waals surface area contributed by atoms with E-state index < -0.39 is 0 Å². The molecule has 1 aromatic heterocycles. The number of fused-ring (bicyclic) bond motifs is 2.